The van der Waals surface area contributed by atoms with Gasteiger partial charge in [-0.3, -0.25) is 4.79 Å². The Balaban J connectivity index is 2.29. The number of rotatable bonds is 16. The summed E-state index contributed by atoms with van der Waals surface area (Å²) in [5.41, 5.74) is 0.486. The molecule has 5 unspecified atom stereocenters. The number of benzene rings is 1. The van der Waals surface area contributed by atoms with Crippen LogP contribution in [-0.2, 0) is 18.4 Å². The highest BCUT2D eigenvalue weighted by Crippen LogP contribution is 2.49. The van der Waals surface area contributed by atoms with E-state index in [1.807, 2.05) is 0 Å². The van der Waals surface area contributed by atoms with Gasteiger partial charge in [-0.25, -0.2) is 4.39 Å². The zero-order valence-corrected chi connectivity index (χ0v) is 31.7. The molecule has 44 heavy (non-hydrogen) atoms. The lowest BCUT2D eigenvalue weighted by atomic mass is 9.85. The number of hydrogen-bond donors (Lipinski definition) is 1. The van der Waals surface area contributed by atoms with Crippen molar-refractivity contribution in [2.24, 2.45) is 11.8 Å². The molecule has 5 atom stereocenters. The molecule has 1 aliphatic carbocycles. The van der Waals surface area contributed by atoms with Crippen molar-refractivity contribution in [3.8, 4) is 0 Å². The summed E-state index contributed by atoms with van der Waals surface area (Å²) in [6.45, 7) is 23.1. The Morgan fingerprint density at radius 2 is 1.43 bits per heavy atom. The normalized spacial score (nSPS) is 22.5. The number of esters is 1. The van der Waals surface area contributed by atoms with Crippen molar-refractivity contribution < 1.29 is 27.9 Å². The van der Waals surface area contributed by atoms with E-state index in [0.717, 1.165) is 44.9 Å². The van der Waals surface area contributed by atoms with E-state index in [4.69, 9.17) is 13.6 Å². The van der Waals surface area contributed by atoms with Gasteiger partial charge < -0.3 is 18.7 Å². The molecule has 0 saturated heterocycles. The fraction of sp³-hybridized carbons (Fsp3) is 0.750. The minimum Gasteiger partial charge on any atom is -0.469 e. The van der Waals surface area contributed by atoms with Crippen LogP contribution in [-0.4, -0.2) is 53.1 Å². The Morgan fingerprint density at radius 3 is 1.95 bits per heavy atom. The number of halogens is 1. The predicted molar refractivity (Wildman–Crippen MR) is 186 cm³/mol. The first-order valence-electron chi connectivity index (χ1n) is 16.8. The first-order valence-corrected chi connectivity index (χ1v) is 22.6. The molecule has 0 spiro atoms. The van der Waals surface area contributed by atoms with Gasteiger partial charge in [0.15, 0.2) is 16.6 Å². The van der Waals surface area contributed by atoms with Crippen molar-refractivity contribution >= 4 is 28.7 Å². The van der Waals surface area contributed by atoms with E-state index in [-0.39, 0.29) is 40.0 Å². The summed E-state index contributed by atoms with van der Waals surface area (Å²) in [5.74, 6) is 0.177. The summed E-state index contributed by atoms with van der Waals surface area (Å²) in [5, 5.41) is 11.2. The van der Waals surface area contributed by atoms with E-state index in [1.165, 1.54) is 13.2 Å². The van der Waals surface area contributed by atoms with Crippen molar-refractivity contribution in [3.63, 3.8) is 0 Å². The van der Waals surface area contributed by atoms with Crippen LogP contribution in [0.2, 0.25) is 36.3 Å². The van der Waals surface area contributed by atoms with E-state index in [9.17, 15) is 14.3 Å². The summed E-state index contributed by atoms with van der Waals surface area (Å²) >= 11 is 0. The molecule has 0 heterocycles. The average Bonchev–Trinajstić information content (AvgIpc) is 3.21. The molecule has 1 aromatic rings. The molecule has 0 aromatic heterocycles. The van der Waals surface area contributed by atoms with Crippen LogP contribution in [0.4, 0.5) is 4.39 Å². The van der Waals surface area contributed by atoms with Crippen LogP contribution >= 0.6 is 0 Å². The van der Waals surface area contributed by atoms with E-state index < -0.39 is 22.7 Å². The van der Waals surface area contributed by atoms with Gasteiger partial charge in [-0.05, 0) is 86.3 Å². The number of carbonyl (C=O) groups excluding carboxylic acids is 1. The maximum atomic E-state index is 14.2. The molecule has 2 rings (SSSR count). The van der Waals surface area contributed by atoms with Gasteiger partial charge in [-0.2, -0.15) is 0 Å². The summed E-state index contributed by atoms with van der Waals surface area (Å²) in [7, 11) is -2.65. The summed E-state index contributed by atoms with van der Waals surface area (Å²) < 4.78 is 33.3. The molecular weight excluding hydrogens is 588 g/mol. The first-order chi connectivity index (χ1) is 20.3. The largest absolute Gasteiger partial charge is 0.469 e. The third-order valence-electron chi connectivity index (χ3n) is 10.6. The average molecular weight is 651 g/mol. The van der Waals surface area contributed by atoms with Crippen molar-refractivity contribution in [1.82, 2.24) is 0 Å². The molecule has 1 aromatic carbocycles. The van der Waals surface area contributed by atoms with E-state index in [0.29, 0.717) is 24.3 Å². The van der Waals surface area contributed by atoms with Gasteiger partial charge in [0.25, 0.3) is 0 Å². The Hall–Kier alpha value is -1.33. The third kappa shape index (κ3) is 11.5. The standard InChI is InChI=1S/C36H63FO5Si2/c1-35(2,3)43(8,9)41-32-26-33(42-44(10,11)36(4,5)6)30(29(32)19-14-12-13-15-21-34(39)40-7)25-24-28(38)23-22-27-18-16-17-20-31(27)37/h16-18,20,22-23,28-30,32-33,38H,12-15,19,21,24-26H2,1-11H3/b23-22+. The van der Waals surface area contributed by atoms with Crippen molar-refractivity contribution in [2.75, 3.05) is 7.11 Å². The molecule has 0 radical (unpaired) electrons. The first kappa shape index (κ1) is 38.9. The zero-order chi connectivity index (χ0) is 33.3. The smallest absolute Gasteiger partial charge is 0.305 e. The van der Waals surface area contributed by atoms with Gasteiger partial charge in [0.05, 0.1) is 25.4 Å². The van der Waals surface area contributed by atoms with Gasteiger partial charge in [0.2, 0.25) is 0 Å². The SMILES string of the molecule is COC(=O)CCCCCCC1C(O[Si](C)(C)C(C)(C)C)CC(O[Si](C)(C)C(C)(C)C)C1CCC(O)/C=C/c1ccccc1F. The number of hydrogen-bond acceptors (Lipinski definition) is 5. The predicted octanol–water partition coefficient (Wildman–Crippen LogP) is 9.91. The Morgan fingerprint density at radius 1 is 0.909 bits per heavy atom. The molecule has 1 N–H and O–H groups in total. The van der Waals surface area contributed by atoms with Crippen LogP contribution in [0.15, 0.2) is 30.3 Å². The monoisotopic (exact) mass is 650 g/mol. The van der Waals surface area contributed by atoms with Gasteiger partial charge in [-0.1, -0.05) is 91.2 Å². The van der Waals surface area contributed by atoms with Crippen LogP contribution in [0.5, 0.6) is 0 Å². The Bertz CT molecular complexity index is 1060. The Kier molecular flexibility index (Phi) is 14.6. The highest BCUT2D eigenvalue weighted by Gasteiger charge is 2.51. The molecule has 252 valence electrons. The second kappa shape index (κ2) is 16.5. The van der Waals surface area contributed by atoms with Gasteiger partial charge in [0, 0.05) is 12.0 Å². The fourth-order valence-electron chi connectivity index (χ4n) is 5.70. The van der Waals surface area contributed by atoms with Crippen molar-refractivity contribution in [3.05, 3.63) is 41.7 Å². The lowest BCUT2D eigenvalue weighted by Gasteiger charge is -2.40. The van der Waals surface area contributed by atoms with Crippen LogP contribution in [0.25, 0.3) is 6.08 Å². The minimum absolute atomic E-state index is 0.0812. The molecule has 8 heteroatoms. The van der Waals surface area contributed by atoms with Gasteiger partial charge >= 0.3 is 5.97 Å². The number of aliphatic hydroxyl groups is 1. The fourth-order valence-corrected chi connectivity index (χ4v) is 8.46. The molecule has 1 fully saturated rings. The van der Waals surface area contributed by atoms with E-state index in [1.54, 1.807) is 30.4 Å². The molecule has 1 saturated carbocycles. The van der Waals surface area contributed by atoms with Crippen molar-refractivity contribution in [1.29, 1.82) is 0 Å². The maximum absolute atomic E-state index is 14.2. The third-order valence-corrected chi connectivity index (χ3v) is 19.6. The van der Waals surface area contributed by atoms with Crippen LogP contribution in [0.1, 0.15) is 105 Å². The second-order valence-corrected chi connectivity index (χ2v) is 25.5. The maximum Gasteiger partial charge on any atom is 0.305 e. The summed E-state index contributed by atoms with van der Waals surface area (Å²) in [6, 6.07) is 6.64. The highest BCUT2D eigenvalue weighted by molar-refractivity contribution is 6.74. The minimum atomic E-state index is -2.06. The lowest BCUT2D eigenvalue weighted by Crippen LogP contribution is -2.45. The molecule has 1 aliphatic rings. The molecule has 0 amide bonds. The van der Waals surface area contributed by atoms with Crippen LogP contribution < -0.4 is 0 Å². The summed E-state index contributed by atoms with van der Waals surface area (Å²) in [6.07, 6.45) is 10.8. The Labute approximate surface area is 270 Å². The molecular formula is C36H63FO5Si2. The van der Waals surface area contributed by atoms with E-state index in [2.05, 4.69) is 67.7 Å². The van der Waals surface area contributed by atoms with Crippen molar-refractivity contribution in [2.45, 2.75) is 154 Å². The number of unbranched alkanes of at least 4 members (excludes halogenated alkanes) is 3. The van der Waals surface area contributed by atoms with Gasteiger partial charge in [0.1, 0.15) is 5.82 Å². The zero-order valence-electron chi connectivity index (χ0n) is 29.7. The van der Waals surface area contributed by atoms with E-state index >= 15 is 0 Å². The number of ether oxygens (including phenoxy) is 1. The highest BCUT2D eigenvalue weighted by atomic mass is 28.4. The number of methoxy groups -OCH3 is 1. The lowest BCUT2D eigenvalue weighted by molar-refractivity contribution is -0.140. The topological polar surface area (TPSA) is 65.0 Å². The van der Waals surface area contributed by atoms with Gasteiger partial charge in [-0.15, -0.1) is 0 Å². The number of aliphatic hydroxyl groups excluding tert-OH is 1. The van der Waals surface area contributed by atoms with Crippen LogP contribution in [0.3, 0.4) is 0 Å². The number of carbonyl (C=O) groups is 1. The quantitative estimate of drug-likeness (QED) is 0.110. The molecule has 0 aliphatic heterocycles. The molecule has 5 nitrogen and oxygen atoms in total. The second-order valence-electron chi connectivity index (χ2n) is 16.0. The summed E-state index contributed by atoms with van der Waals surface area (Å²) in [4.78, 5) is 11.6. The van der Waals surface area contributed by atoms with Crippen LogP contribution in [0, 0.1) is 17.7 Å². The molecule has 0 bridgehead atoms.